The Morgan fingerprint density at radius 2 is 1.71 bits per heavy atom. The Labute approximate surface area is 126 Å². The van der Waals surface area contributed by atoms with E-state index in [0.29, 0.717) is 5.56 Å². The number of hydrogen-bond donors (Lipinski definition) is 2. The number of rotatable bonds is 4. The molecule has 0 aliphatic heterocycles. The van der Waals surface area contributed by atoms with E-state index in [-0.39, 0.29) is 17.8 Å². The van der Waals surface area contributed by atoms with Crippen molar-refractivity contribution in [2.75, 3.05) is 0 Å². The maximum atomic E-state index is 11.8. The molecule has 0 radical (unpaired) electrons. The highest BCUT2D eigenvalue weighted by atomic mass is 31.2. The first-order chi connectivity index (χ1) is 9.30. The van der Waals surface area contributed by atoms with Crippen LogP contribution in [-0.4, -0.2) is 15.6 Å². The van der Waals surface area contributed by atoms with Crippen molar-refractivity contribution in [3.05, 3.63) is 29.3 Å². The Kier molecular flexibility index (Phi) is 5.27. The smallest absolute Gasteiger partial charge is 0.473 e. The monoisotopic (exact) mass is 316 g/mol. The molecule has 6 heteroatoms. The summed E-state index contributed by atoms with van der Waals surface area (Å²) in [7, 11) is -4.11. The van der Waals surface area contributed by atoms with Gasteiger partial charge in [0.1, 0.15) is 5.75 Å². The largest absolute Gasteiger partial charge is 0.508 e. The molecule has 0 saturated heterocycles. The first-order valence-corrected chi connectivity index (χ1v) is 8.30. The van der Waals surface area contributed by atoms with Crippen molar-refractivity contribution in [1.29, 1.82) is 0 Å². The second kappa shape index (κ2) is 6.09. The summed E-state index contributed by atoms with van der Waals surface area (Å²) in [6, 6.07) is 4.99. The van der Waals surface area contributed by atoms with Crippen molar-refractivity contribution in [3.8, 4) is 5.75 Å². The second-order valence-corrected chi connectivity index (χ2v) is 8.43. The van der Waals surface area contributed by atoms with Crippen LogP contribution in [0, 0.1) is 0 Å². The summed E-state index contributed by atoms with van der Waals surface area (Å²) in [5, 5.41) is 9.88. The first kappa shape index (κ1) is 18.2. The van der Waals surface area contributed by atoms with Gasteiger partial charge in [-0.05, 0) is 49.4 Å². The number of phosphoric ester groups is 1. The lowest BCUT2D eigenvalue weighted by Gasteiger charge is -2.23. The van der Waals surface area contributed by atoms with Crippen molar-refractivity contribution >= 4 is 7.82 Å². The fourth-order valence-electron chi connectivity index (χ4n) is 1.80. The summed E-state index contributed by atoms with van der Waals surface area (Å²) in [6.45, 7) is 10.9. The fraction of sp³-hybridized carbons (Fsp3) is 0.600. The van der Waals surface area contributed by atoms with E-state index >= 15 is 0 Å². The summed E-state index contributed by atoms with van der Waals surface area (Å²) >= 11 is 0. The number of phenolic OH excluding ortho intramolecular Hbond substituents is 1. The minimum absolute atomic E-state index is 0.0623. The van der Waals surface area contributed by atoms with E-state index in [2.05, 4.69) is 0 Å². The number of aromatic hydroxyl groups is 1. The van der Waals surface area contributed by atoms with Gasteiger partial charge < -0.3 is 10.00 Å². The number of benzene rings is 1. The van der Waals surface area contributed by atoms with Crippen LogP contribution in [-0.2, 0) is 25.6 Å². The van der Waals surface area contributed by atoms with Gasteiger partial charge in [0, 0.05) is 0 Å². The van der Waals surface area contributed by atoms with E-state index in [9.17, 15) is 14.6 Å². The molecule has 120 valence electrons. The fourth-order valence-corrected chi connectivity index (χ4v) is 2.86. The quantitative estimate of drug-likeness (QED) is 0.817. The number of phosphoric acid groups is 1. The maximum absolute atomic E-state index is 11.8. The lowest BCUT2D eigenvalue weighted by atomic mass is 9.85. The molecule has 1 unspecified atom stereocenters. The molecule has 5 nitrogen and oxygen atoms in total. The zero-order chi connectivity index (χ0) is 16.5. The van der Waals surface area contributed by atoms with Crippen molar-refractivity contribution in [2.24, 2.45) is 0 Å². The molecule has 1 rings (SSSR count). The average molecular weight is 316 g/mol. The molecular weight excluding hydrogens is 291 g/mol. The molecule has 0 bridgehead atoms. The van der Waals surface area contributed by atoms with Gasteiger partial charge in [-0.2, -0.15) is 0 Å². The normalized spacial score (nSPS) is 15.8. The highest BCUT2D eigenvalue weighted by molar-refractivity contribution is 7.47. The molecule has 0 saturated carbocycles. The predicted molar refractivity (Wildman–Crippen MR) is 82.3 cm³/mol. The number of phenols is 1. The van der Waals surface area contributed by atoms with E-state index < -0.39 is 13.4 Å². The Morgan fingerprint density at radius 3 is 2.19 bits per heavy atom. The van der Waals surface area contributed by atoms with Crippen LogP contribution in [0.4, 0.5) is 0 Å². The average Bonchev–Trinajstić information content (AvgIpc) is 2.23. The molecule has 0 spiro atoms. The van der Waals surface area contributed by atoms with Gasteiger partial charge in [0.15, 0.2) is 0 Å². The van der Waals surface area contributed by atoms with Crippen molar-refractivity contribution in [2.45, 2.75) is 59.2 Å². The van der Waals surface area contributed by atoms with E-state index in [1.165, 1.54) is 0 Å². The summed E-state index contributed by atoms with van der Waals surface area (Å²) in [4.78, 5) is 9.66. The van der Waals surface area contributed by atoms with Crippen molar-refractivity contribution in [3.63, 3.8) is 0 Å². The third-order valence-corrected chi connectivity index (χ3v) is 3.89. The van der Waals surface area contributed by atoms with Crippen LogP contribution in [0.25, 0.3) is 0 Å². The van der Waals surface area contributed by atoms with E-state index in [4.69, 9.17) is 9.05 Å². The van der Waals surface area contributed by atoms with Crippen LogP contribution in [0.1, 0.15) is 52.7 Å². The summed E-state index contributed by atoms with van der Waals surface area (Å²) in [5.41, 5.74) is 0.457. The first-order valence-electron chi connectivity index (χ1n) is 6.81. The summed E-state index contributed by atoms with van der Waals surface area (Å²) < 4.78 is 21.8. The van der Waals surface area contributed by atoms with Crippen LogP contribution < -0.4 is 0 Å². The van der Waals surface area contributed by atoms with Gasteiger partial charge in [-0.25, -0.2) is 4.57 Å². The van der Waals surface area contributed by atoms with Crippen molar-refractivity contribution in [1.82, 2.24) is 0 Å². The van der Waals surface area contributed by atoms with Gasteiger partial charge in [0.05, 0.1) is 12.2 Å². The standard InChI is InChI=1S/C15H25O5P/c1-14(2,3)12-9-11(7-8-13(12)16)10-19-21(17,18)20-15(4,5)6/h7-9,16H,10H2,1-6H3,(H,17,18). The SMILES string of the molecule is CC(C)(C)OP(=O)(O)OCc1ccc(O)c(C(C)(C)C)c1. The van der Waals surface area contributed by atoms with Gasteiger partial charge in [0.25, 0.3) is 0 Å². The Balaban J connectivity index is 2.84. The van der Waals surface area contributed by atoms with Gasteiger partial charge in [0.2, 0.25) is 0 Å². The molecule has 21 heavy (non-hydrogen) atoms. The molecule has 1 atom stereocenters. The van der Waals surface area contributed by atoms with Crippen LogP contribution in [0.5, 0.6) is 5.75 Å². The van der Waals surface area contributed by atoms with Crippen LogP contribution in [0.15, 0.2) is 18.2 Å². The van der Waals surface area contributed by atoms with E-state index in [1.54, 1.807) is 39.0 Å². The van der Waals surface area contributed by atoms with Gasteiger partial charge in [-0.15, -0.1) is 0 Å². The van der Waals surface area contributed by atoms with E-state index in [1.807, 2.05) is 20.8 Å². The molecule has 0 aliphatic carbocycles. The minimum Gasteiger partial charge on any atom is -0.508 e. The molecule has 2 N–H and O–H groups in total. The summed E-state index contributed by atoms with van der Waals surface area (Å²) in [5.74, 6) is 0.198. The topological polar surface area (TPSA) is 76.0 Å². The van der Waals surface area contributed by atoms with Crippen LogP contribution in [0.2, 0.25) is 0 Å². The molecule has 1 aromatic rings. The third kappa shape index (κ3) is 6.18. The predicted octanol–water partition coefficient (Wildman–Crippen LogP) is 4.12. The Hall–Kier alpha value is -0.870. The van der Waals surface area contributed by atoms with Crippen LogP contribution in [0.3, 0.4) is 0 Å². The van der Waals surface area contributed by atoms with Crippen LogP contribution >= 0.6 is 7.82 Å². The molecule has 0 fully saturated rings. The molecule has 0 amide bonds. The minimum atomic E-state index is -4.11. The molecule has 0 aromatic heterocycles. The molecule has 1 aromatic carbocycles. The molecule has 0 heterocycles. The highest BCUT2D eigenvalue weighted by Gasteiger charge is 2.29. The third-order valence-electron chi connectivity index (χ3n) is 2.65. The lowest BCUT2D eigenvalue weighted by Crippen LogP contribution is -2.18. The maximum Gasteiger partial charge on any atom is 0.473 e. The molecular formula is C15H25O5P. The number of hydrogen-bond acceptors (Lipinski definition) is 4. The zero-order valence-electron chi connectivity index (χ0n) is 13.5. The lowest BCUT2D eigenvalue weighted by molar-refractivity contribution is 0.0587. The molecule has 0 aliphatic rings. The van der Waals surface area contributed by atoms with Gasteiger partial charge in [-0.3, -0.25) is 9.05 Å². The Morgan fingerprint density at radius 1 is 1.14 bits per heavy atom. The Bertz CT molecular complexity index is 540. The van der Waals surface area contributed by atoms with E-state index in [0.717, 1.165) is 5.56 Å². The zero-order valence-corrected chi connectivity index (χ0v) is 14.4. The summed E-state index contributed by atoms with van der Waals surface area (Å²) in [6.07, 6.45) is 0. The highest BCUT2D eigenvalue weighted by Crippen LogP contribution is 2.48. The van der Waals surface area contributed by atoms with Gasteiger partial charge >= 0.3 is 7.82 Å². The van der Waals surface area contributed by atoms with Crippen molar-refractivity contribution < 1.29 is 23.6 Å². The van der Waals surface area contributed by atoms with Gasteiger partial charge in [-0.1, -0.05) is 26.8 Å². The second-order valence-electron chi connectivity index (χ2n) is 7.05.